The van der Waals surface area contributed by atoms with Crippen LogP contribution in [-0.4, -0.2) is 66.9 Å². The number of nitrogens with zero attached hydrogens (tertiary/aromatic N) is 3. The van der Waals surface area contributed by atoms with E-state index in [0.29, 0.717) is 32.0 Å². The van der Waals surface area contributed by atoms with Crippen molar-refractivity contribution in [2.45, 2.75) is 68.2 Å². The largest absolute Gasteiger partial charge is 0.490 e. The van der Waals surface area contributed by atoms with Gasteiger partial charge in [-0.2, -0.15) is 0 Å². The van der Waals surface area contributed by atoms with Crippen LogP contribution in [0.5, 0.6) is 5.75 Å². The second kappa shape index (κ2) is 13.4. The minimum absolute atomic E-state index is 0.0748. The van der Waals surface area contributed by atoms with Gasteiger partial charge in [0.25, 0.3) is 0 Å². The van der Waals surface area contributed by atoms with E-state index < -0.39 is 27.0 Å². The summed E-state index contributed by atoms with van der Waals surface area (Å²) >= 11 is 6.38. The van der Waals surface area contributed by atoms with Gasteiger partial charge in [0.05, 0.1) is 23.1 Å². The molecule has 1 aromatic heterocycles. The number of rotatable bonds is 10. The number of hydrogen-bond acceptors (Lipinski definition) is 8. The van der Waals surface area contributed by atoms with Crippen LogP contribution in [0, 0.1) is 17.8 Å². The molecule has 250 valence electrons. The lowest BCUT2D eigenvalue weighted by Gasteiger charge is -2.44. The Kier molecular flexibility index (Phi) is 9.49. The fourth-order valence-electron chi connectivity index (χ4n) is 7.36. The van der Waals surface area contributed by atoms with E-state index in [1.165, 1.54) is 23.5 Å². The number of aromatic nitrogens is 2. The lowest BCUT2D eigenvalue weighted by atomic mass is 9.69. The highest BCUT2D eigenvalue weighted by molar-refractivity contribution is 7.91. The zero-order chi connectivity index (χ0) is 33.3. The Morgan fingerprint density at radius 3 is 2.62 bits per heavy atom. The number of nitrogens with one attached hydrogen (secondary N) is 1. The van der Waals surface area contributed by atoms with Crippen LogP contribution in [-0.2, 0) is 26.5 Å². The summed E-state index contributed by atoms with van der Waals surface area (Å²) in [5, 5.41) is 12.5. The Hall–Kier alpha value is -3.70. The highest BCUT2D eigenvalue weighted by atomic mass is 35.5. The van der Waals surface area contributed by atoms with Crippen molar-refractivity contribution in [2.75, 3.05) is 31.1 Å². The summed E-state index contributed by atoms with van der Waals surface area (Å²) < 4.78 is 32.4. The Morgan fingerprint density at radius 1 is 1.13 bits per heavy atom. The van der Waals surface area contributed by atoms with Gasteiger partial charge in [0.15, 0.2) is 0 Å². The molecule has 12 heteroatoms. The first kappa shape index (κ1) is 33.2. The Balaban J connectivity index is 1.15. The maximum absolute atomic E-state index is 13.0. The number of carboxylic acids is 1. The van der Waals surface area contributed by atoms with Crippen molar-refractivity contribution in [3.05, 3.63) is 76.6 Å². The molecule has 3 aromatic rings. The minimum Gasteiger partial charge on any atom is -0.490 e. The quantitative estimate of drug-likeness (QED) is 0.272. The average Bonchev–Trinajstić information content (AvgIpc) is 3.19. The number of hydrogen-bond donors (Lipinski definition) is 2. The van der Waals surface area contributed by atoms with Crippen molar-refractivity contribution in [2.24, 2.45) is 17.8 Å². The molecule has 0 unspecified atom stereocenters. The van der Waals surface area contributed by atoms with E-state index in [1.807, 2.05) is 6.07 Å². The fourth-order valence-corrected chi connectivity index (χ4v) is 9.01. The van der Waals surface area contributed by atoms with E-state index in [4.69, 9.17) is 16.3 Å². The van der Waals surface area contributed by atoms with Crippen LogP contribution in [0.25, 0.3) is 0 Å². The molecule has 1 amide bonds. The lowest BCUT2D eigenvalue weighted by molar-refractivity contribution is -0.122. The number of benzene rings is 2. The third kappa shape index (κ3) is 6.83. The molecule has 2 aliphatic carbocycles. The molecule has 1 spiro atoms. The van der Waals surface area contributed by atoms with E-state index in [1.54, 1.807) is 38.1 Å². The monoisotopic (exact) mass is 680 g/mol. The Bertz CT molecular complexity index is 1760. The molecule has 2 N–H and O–H groups in total. The van der Waals surface area contributed by atoms with Gasteiger partial charge in [-0.1, -0.05) is 24.6 Å². The van der Waals surface area contributed by atoms with E-state index >= 15 is 0 Å². The van der Waals surface area contributed by atoms with Crippen molar-refractivity contribution in [3.63, 3.8) is 0 Å². The van der Waals surface area contributed by atoms with Crippen LogP contribution in [0.4, 0.5) is 5.69 Å². The van der Waals surface area contributed by atoms with Crippen molar-refractivity contribution < 1.29 is 27.9 Å². The van der Waals surface area contributed by atoms with Gasteiger partial charge in [-0.15, -0.1) is 0 Å². The maximum atomic E-state index is 13.0. The second-order valence-corrected chi connectivity index (χ2v) is 16.1. The summed E-state index contributed by atoms with van der Waals surface area (Å²) in [4.78, 5) is 35.0. The van der Waals surface area contributed by atoms with E-state index in [9.17, 15) is 23.1 Å². The zero-order valence-corrected chi connectivity index (χ0v) is 28.3. The number of ether oxygens (including phenoxy) is 1. The zero-order valence-electron chi connectivity index (χ0n) is 26.7. The van der Waals surface area contributed by atoms with Gasteiger partial charge in [0.1, 0.15) is 5.75 Å². The van der Waals surface area contributed by atoms with Crippen LogP contribution in [0.1, 0.15) is 67.4 Å². The number of carbonyl (C=O) groups excluding carboxylic acids is 1. The number of aryl methyl sites for hydroxylation is 1. The van der Waals surface area contributed by atoms with E-state index in [0.717, 1.165) is 42.8 Å². The minimum atomic E-state index is -3.76. The smallest absolute Gasteiger partial charge is 0.335 e. The van der Waals surface area contributed by atoms with Gasteiger partial charge in [0.2, 0.25) is 20.9 Å². The van der Waals surface area contributed by atoms with E-state index in [2.05, 4.69) is 32.3 Å². The SMILES string of the molecule is C[C@H]([C@@H](C)CC(=O)NC[C@@H]1CC[C@H]1CN1C[C@@]2(CCCc3cc(Cl)ccc32)COc2ccc(C(=O)O)cc21)S(=O)(=O)c1ncccn1. The Morgan fingerprint density at radius 2 is 1.89 bits per heavy atom. The number of halogens is 1. The fraction of sp³-hybridized carbons (Fsp3) is 0.486. The molecule has 0 bridgehead atoms. The van der Waals surface area contributed by atoms with Crippen LogP contribution < -0.4 is 15.0 Å². The molecule has 10 nitrogen and oxygen atoms in total. The molecule has 5 atom stereocenters. The molecular formula is C35H41ClN4O6S. The Labute approximate surface area is 280 Å². The average molecular weight is 681 g/mol. The first-order valence-corrected chi connectivity index (χ1v) is 18.2. The molecular weight excluding hydrogens is 640 g/mol. The summed E-state index contributed by atoms with van der Waals surface area (Å²) in [6.45, 7) is 5.72. The van der Waals surface area contributed by atoms with Gasteiger partial charge in [-0.25, -0.2) is 23.2 Å². The van der Waals surface area contributed by atoms with Gasteiger partial charge in [-0.05, 0) is 104 Å². The number of carbonyl (C=O) groups is 2. The van der Waals surface area contributed by atoms with Gasteiger partial charge >= 0.3 is 5.97 Å². The highest BCUT2D eigenvalue weighted by Gasteiger charge is 2.43. The molecule has 0 saturated heterocycles. The molecule has 2 aromatic carbocycles. The third-order valence-electron chi connectivity index (χ3n) is 10.5. The number of carboxylic acid groups (broad SMARTS) is 1. The first-order chi connectivity index (χ1) is 22.5. The summed E-state index contributed by atoms with van der Waals surface area (Å²) in [6, 6.07) is 12.8. The van der Waals surface area contributed by atoms with Crippen LogP contribution in [0.2, 0.25) is 5.02 Å². The molecule has 6 rings (SSSR count). The van der Waals surface area contributed by atoms with Crippen molar-refractivity contribution in [3.8, 4) is 5.75 Å². The number of fused-ring (bicyclic) bond motifs is 3. The second-order valence-electron chi connectivity index (χ2n) is 13.5. The maximum Gasteiger partial charge on any atom is 0.335 e. The number of aromatic carboxylic acids is 1. The van der Waals surface area contributed by atoms with Gasteiger partial charge < -0.3 is 20.1 Å². The summed E-state index contributed by atoms with van der Waals surface area (Å²) in [6.07, 6.45) is 7.74. The molecule has 0 radical (unpaired) electrons. The predicted octanol–water partition coefficient (Wildman–Crippen LogP) is 5.33. The predicted molar refractivity (Wildman–Crippen MR) is 179 cm³/mol. The van der Waals surface area contributed by atoms with Crippen molar-refractivity contribution >= 4 is 39.0 Å². The van der Waals surface area contributed by atoms with Gasteiger partial charge in [0, 0.05) is 48.9 Å². The molecule has 3 aliphatic rings. The van der Waals surface area contributed by atoms with Gasteiger partial charge in [-0.3, -0.25) is 4.79 Å². The van der Waals surface area contributed by atoms with Crippen LogP contribution in [0.3, 0.4) is 0 Å². The standard InChI is InChI=1S/C35H41ClN4O6S/c1-22(23(2)47(44,45)34-37-13-4-14-38-34)15-32(41)39-18-26-6-7-27(26)19-40-20-35(12-3-5-24-16-28(36)9-10-29(24)35)21-46-31-11-8-25(33(42)43)17-30(31)40/h4,8-11,13-14,16-17,22-23,26-27H,3,5-7,12,15,18-21H2,1-2H3,(H,39,41)(H,42,43)/t22-,23+,26-,27-,35-/m0/s1. The molecule has 1 aliphatic heterocycles. The molecule has 1 saturated carbocycles. The topological polar surface area (TPSA) is 139 Å². The molecule has 47 heavy (non-hydrogen) atoms. The normalized spacial score (nSPS) is 23.3. The molecule has 1 fully saturated rings. The number of sulfone groups is 1. The lowest BCUT2D eigenvalue weighted by Crippen LogP contribution is -2.49. The number of anilines is 1. The third-order valence-corrected chi connectivity index (χ3v) is 12.9. The van der Waals surface area contributed by atoms with Crippen LogP contribution in [0.15, 0.2) is 60.0 Å². The highest BCUT2D eigenvalue weighted by Crippen LogP contribution is 2.46. The summed E-state index contributed by atoms with van der Waals surface area (Å²) in [5.74, 6) is -0.390. The molecule has 2 heterocycles. The van der Waals surface area contributed by atoms with Crippen molar-refractivity contribution in [1.82, 2.24) is 15.3 Å². The van der Waals surface area contributed by atoms with E-state index in [-0.39, 0.29) is 40.3 Å². The summed E-state index contributed by atoms with van der Waals surface area (Å²) in [5.41, 5.74) is 3.20. The van der Waals surface area contributed by atoms with Crippen LogP contribution >= 0.6 is 11.6 Å². The summed E-state index contributed by atoms with van der Waals surface area (Å²) in [7, 11) is -3.76. The number of amides is 1. The first-order valence-electron chi connectivity index (χ1n) is 16.3. The van der Waals surface area contributed by atoms with Crippen molar-refractivity contribution in [1.29, 1.82) is 0 Å².